The first-order valence-corrected chi connectivity index (χ1v) is 10.6. The Morgan fingerprint density at radius 2 is 1.44 bits per heavy atom. The van der Waals surface area contributed by atoms with E-state index in [9.17, 15) is 27.2 Å². The molecule has 1 heterocycles. The van der Waals surface area contributed by atoms with Crippen LogP contribution in [0.15, 0.2) is 78.9 Å². The van der Waals surface area contributed by atoms with Crippen molar-refractivity contribution in [3.63, 3.8) is 0 Å². The molecule has 4 rings (SSSR count). The first-order valence-electron chi connectivity index (χ1n) is 9.82. The number of nitrogens with zero attached hydrogens (tertiary/aromatic N) is 1. The SMILES string of the molecule is O=C(Nc1cccc(C(F)(F)F)c1)c1cccc(NC(=O)c2cc(-c3ccc(F)cc3)ns2)c1. The molecule has 0 aliphatic carbocycles. The van der Waals surface area contributed by atoms with Crippen LogP contribution < -0.4 is 10.6 Å². The molecular weight excluding hydrogens is 470 g/mol. The Kier molecular flexibility index (Phi) is 6.42. The minimum atomic E-state index is -4.53. The van der Waals surface area contributed by atoms with Crippen LogP contribution >= 0.6 is 11.5 Å². The van der Waals surface area contributed by atoms with Crippen LogP contribution in [0.2, 0.25) is 0 Å². The molecule has 172 valence electrons. The van der Waals surface area contributed by atoms with Crippen LogP contribution in [-0.2, 0) is 6.18 Å². The predicted octanol–water partition coefficient (Wildman–Crippen LogP) is 6.47. The van der Waals surface area contributed by atoms with Gasteiger partial charge in [0.1, 0.15) is 10.7 Å². The van der Waals surface area contributed by atoms with E-state index in [1.54, 1.807) is 24.3 Å². The summed E-state index contributed by atoms with van der Waals surface area (Å²) < 4.78 is 56.0. The standard InChI is InChI=1S/C24H15F4N3O2S/c25-17-9-7-14(8-10-17)20-13-21(34-31-20)23(33)30-18-5-1-3-15(11-18)22(32)29-19-6-2-4-16(12-19)24(26,27)28/h1-13H,(H,29,32)(H,30,33). The van der Waals surface area contributed by atoms with Gasteiger partial charge in [0.05, 0.1) is 11.3 Å². The van der Waals surface area contributed by atoms with Crippen LogP contribution in [-0.4, -0.2) is 16.2 Å². The quantitative estimate of drug-likeness (QED) is 0.318. The largest absolute Gasteiger partial charge is 0.416 e. The summed E-state index contributed by atoms with van der Waals surface area (Å²) >= 11 is 0.965. The van der Waals surface area contributed by atoms with Crippen LogP contribution in [0, 0.1) is 5.82 Å². The van der Waals surface area contributed by atoms with E-state index in [0.717, 1.165) is 23.7 Å². The van der Waals surface area contributed by atoms with Crippen molar-refractivity contribution in [2.45, 2.75) is 6.18 Å². The molecule has 5 nitrogen and oxygen atoms in total. The normalized spacial score (nSPS) is 11.2. The van der Waals surface area contributed by atoms with Gasteiger partial charge in [-0.3, -0.25) is 9.59 Å². The Hall–Kier alpha value is -4.05. The molecule has 2 amide bonds. The number of alkyl halides is 3. The van der Waals surface area contributed by atoms with Crippen LogP contribution in [0.3, 0.4) is 0 Å². The summed E-state index contributed by atoms with van der Waals surface area (Å²) in [6, 6.07) is 17.5. The highest BCUT2D eigenvalue weighted by Crippen LogP contribution is 2.31. The molecule has 0 unspecified atom stereocenters. The molecule has 0 bridgehead atoms. The summed E-state index contributed by atoms with van der Waals surface area (Å²) in [6.45, 7) is 0. The topological polar surface area (TPSA) is 71.1 Å². The molecule has 10 heteroatoms. The molecule has 2 N–H and O–H groups in total. The van der Waals surface area contributed by atoms with E-state index in [4.69, 9.17) is 0 Å². The highest BCUT2D eigenvalue weighted by Gasteiger charge is 2.30. The molecule has 0 atom stereocenters. The van der Waals surface area contributed by atoms with Crippen LogP contribution in [0.5, 0.6) is 0 Å². The van der Waals surface area contributed by atoms with E-state index >= 15 is 0 Å². The molecule has 0 aliphatic rings. The third-order valence-corrected chi connectivity index (χ3v) is 5.49. The number of rotatable bonds is 5. The molecule has 0 radical (unpaired) electrons. The summed E-state index contributed by atoms with van der Waals surface area (Å²) in [7, 11) is 0. The van der Waals surface area contributed by atoms with Gasteiger partial charge in [-0.25, -0.2) is 4.39 Å². The third kappa shape index (κ3) is 5.46. The molecule has 1 aromatic heterocycles. The van der Waals surface area contributed by atoms with E-state index in [0.29, 0.717) is 21.8 Å². The average molecular weight is 485 g/mol. The number of amides is 2. The van der Waals surface area contributed by atoms with Crippen molar-refractivity contribution in [2.24, 2.45) is 0 Å². The van der Waals surface area contributed by atoms with Gasteiger partial charge in [-0.2, -0.15) is 17.5 Å². The average Bonchev–Trinajstić information content (AvgIpc) is 3.30. The van der Waals surface area contributed by atoms with Crippen molar-refractivity contribution in [3.8, 4) is 11.3 Å². The fourth-order valence-electron chi connectivity index (χ4n) is 3.05. The maximum atomic E-state index is 13.1. The van der Waals surface area contributed by atoms with Gasteiger partial charge in [-0.15, -0.1) is 0 Å². The first-order chi connectivity index (χ1) is 16.2. The number of hydrogen-bond acceptors (Lipinski definition) is 4. The molecule has 0 fully saturated rings. The van der Waals surface area contributed by atoms with Gasteiger partial charge in [0.25, 0.3) is 11.8 Å². The van der Waals surface area contributed by atoms with Gasteiger partial charge in [0, 0.05) is 22.5 Å². The number of benzene rings is 3. The van der Waals surface area contributed by atoms with Crippen molar-refractivity contribution in [1.29, 1.82) is 0 Å². The number of halogens is 4. The maximum absolute atomic E-state index is 13.1. The van der Waals surface area contributed by atoms with Crippen LogP contribution in [0.1, 0.15) is 25.6 Å². The Labute approximate surface area is 195 Å². The molecule has 34 heavy (non-hydrogen) atoms. The lowest BCUT2D eigenvalue weighted by Crippen LogP contribution is -2.14. The second-order valence-corrected chi connectivity index (χ2v) is 7.96. The molecule has 0 saturated heterocycles. The predicted molar refractivity (Wildman–Crippen MR) is 121 cm³/mol. The molecule has 4 aromatic rings. The molecule has 3 aromatic carbocycles. The summed E-state index contributed by atoms with van der Waals surface area (Å²) in [5, 5.41) is 5.09. The first kappa shape index (κ1) is 23.1. The lowest BCUT2D eigenvalue weighted by Gasteiger charge is -2.10. The van der Waals surface area contributed by atoms with Crippen molar-refractivity contribution >= 4 is 34.7 Å². The minimum Gasteiger partial charge on any atom is -0.322 e. The maximum Gasteiger partial charge on any atom is 0.416 e. The fourth-order valence-corrected chi connectivity index (χ4v) is 3.70. The summed E-state index contributed by atoms with van der Waals surface area (Å²) in [6.07, 6.45) is -4.53. The number of carbonyl (C=O) groups excluding carboxylic acids is 2. The van der Waals surface area contributed by atoms with E-state index < -0.39 is 23.6 Å². The van der Waals surface area contributed by atoms with Gasteiger partial charge in [0.15, 0.2) is 0 Å². The summed E-state index contributed by atoms with van der Waals surface area (Å²) in [4.78, 5) is 25.4. The third-order valence-electron chi connectivity index (χ3n) is 4.70. The summed E-state index contributed by atoms with van der Waals surface area (Å²) in [5.74, 6) is -1.47. The highest BCUT2D eigenvalue weighted by molar-refractivity contribution is 7.08. The van der Waals surface area contributed by atoms with Crippen molar-refractivity contribution < 1.29 is 27.2 Å². The smallest absolute Gasteiger partial charge is 0.322 e. The van der Waals surface area contributed by atoms with E-state index in [2.05, 4.69) is 15.0 Å². The Morgan fingerprint density at radius 3 is 2.15 bits per heavy atom. The van der Waals surface area contributed by atoms with Crippen LogP contribution in [0.25, 0.3) is 11.3 Å². The van der Waals surface area contributed by atoms with Gasteiger partial charge in [-0.05, 0) is 78.3 Å². The number of carbonyl (C=O) groups is 2. The fraction of sp³-hybridized carbons (Fsp3) is 0.0417. The van der Waals surface area contributed by atoms with Crippen molar-refractivity contribution in [1.82, 2.24) is 4.37 Å². The van der Waals surface area contributed by atoms with Gasteiger partial charge >= 0.3 is 6.18 Å². The molecule has 0 saturated carbocycles. The van der Waals surface area contributed by atoms with Crippen molar-refractivity contribution in [2.75, 3.05) is 10.6 Å². The molecule has 0 spiro atoms. The monoisotopic (exact) mass is 485 g/mol. The van der Waals surface area contributed by atoms with Crippen molar-refractivity contribution in [3.05, 3.63) is 101 Å². The second kappa shape index (κ2) is 9.44. The summed E-state index contributed by atoms with van der Waals surface area (Å²) in [5.41, 5.74) is 0.752. The molecular formula is C24H15F4N3O2S. The number of aromatic nitrogens is 1. The van der Waals surface area contributed by atoms with Gasteiger partial charge < -0.3 is 10.6 Å². The zero-order valence-electron chi connectivity index (χ0n) is 17.2. The lowest BCUT2D eigenvalue weighted by atomic mass is 10.1. The zero-order chi connectivity index (χ0) is 24.3. The lowest BCUT2D eigenvalue weighted by molar-refractivity contribution is -0.137. The Bertz CT molecular complexity index is 1350. The van der Waals surface area contributed by atoms with E-state index in [1.807, 2.05) is 0 Å². The van der Waals surface area contributed by atoms with E-state index in [1.165, 1.54) is 42.5 Å². The Morgan fingerprint density at radius 1 is 0.794 bits per heavy atom. The number of hydrogen-bond donors (Lipinski definition) is 2. The van der Waals surface area contributed by atoms with Crippen LogP contribution in [0.4, 0.5) is 28.9 Å². The van der Waals surface area contributed by atoms with E-state index in [-0.39, 0.29) is 17.1 Å². The minimum absolute atomic E-state index is 0.00718. The number of nitrogens with one attached hydrogen (secondary N) is 2. The Balaban J connectivity index is 1.45. The van der Waals surface area contributed by atoms with Gasteiger partial charge in [-0.1, -0.05) is 12.1 Å². The molecule has 0 aliphatic heterocycles. The van der Waals surface area contributed by atoms with Gasteiger partial charge in [0.2, 0.25) is 0 Å². The second-order valence-electron chi connectivity index (χ2n) is 7.15. The number of anilines is 2. The zero-order valence-corrected chi connectivity index (χ0v) is 18.0. The highest BCUT2D eigenvalue weighted by atomic mass is 32.1.